The SMILES string of the molecule is COC1(CNC(=O)COc2ccccc2)Cc2ccccc2C1. The minimum absolute atomic E-state index is 0.0107. The van der Waals surface area contributed by atoms with Crippen LogP contribution >= 0.6 is 0 Å². The Kier molecular flexibility index (Phi) is 4.63. The van der Waals surface area contributed by atoms with Crippen molar-refractivity contribution in [3.8, 4) is 5.75 Å². The first kappa shape index (κ1) is 15.6. The average Bonchev–Trinajstić information content (AvgIpc) is 2.98. The topological polar surface area (TPSA) is 47.6 Å². The summed E-state index contributed by atoms with van der Waals surface area (Å²) in [5.41, 5.74) is 2.24. The summed E-state index contributed by atoms with van der Waals surface area (Å²) >= 11 is 0. The smallest absolute Gasteiger partial charge is 0.258 e. The molecule has 0 spiro atoms. The maximum Gasteiger partial charge on any atom is 0.258 e. The third-order valence-corrected chi connectivity index (χ3v) is 4.30. The van der Waals surface area contributed by atoms with Crippen LogP contribution in [0.25, 0.3) is 0 Å². The molecule has 0 fully saturated rings. The second-order valence-electron chi connectivity index (χ2n) is 5.89. The predicted octanol–water partition coefficient (Wildman–Crippen LogP) is 2.37. The zero-order valence-corrected chi connectivity index (χ0v) is 13.2. The number of hydrogen-bond acceptors (Lipinski definition) is 3. The molecule has 1 aliphatic carbocycles. The van der Waals surface area contributed by atoms with Gasteiger partial charge in [-0.25, -0.2) is 0 Å². The molecule has 0 radical (unpaired) electrons. The summed E-state index contributed by atoms with van der Waals surface area (Å²) in [5.74, 6) is 0.554. The standard InChI is InChI=1S/C19H21NO3/c1-22-19(11-15-7-5-6-8-16(15)12-19)14-20-18(21)13-23-17-9-3-2-4-10-17/h2-10H,11-14H2,1H3,(H,20,21). The van der Waals surface area contributed by atoms with E-state index in [0.717, 1.165) is 12.8 Å². The molecule has 4 nitrogen and oxygen atoms in total. The highest BCUT2D eigenvalue weighted by molar-refractivity contribution is 5.77. The lowest BCUT2D eigenvalue weighted by Crippen LogP contribution is -2.46. The molecule has 0 unspecified atom stereocenters. The maximum absolute atomic E-state index is 12.0. The third kappa shape index (κ3) is 3.71. The van der Waals surface area contributed by atoms with Crippen LogP contribution in [0.3, 0.4) is 0 Å². The number of methoxy groups -OCH3 is 1. The van der Waals surface area contributed by atoms with Crippen molar-refractivity contribution in [2.45, 2.75) is 18.4 Å². The normalized spacial score (nSPS) is 15.0. The Morgan fingerprint density at radius 2 is 1.65 bits per heavy atom. The predicted molar refractivity (Wildman–Crippen MR) is 88.5 cm³/mol. The Balaban J connectivity index is 1.52. The first-order chi connectivity index (χ1) is 11.2. The van der Waals surface area contributed by atoms with Gasteiger partial charge in [-0.3, -0.25) is 4.79 Å². The molecule has 0 saturated carbocycles. The summed E-state index contributed by atoms with van der Waals surface area (Å²) in [7, 11) is 1.71. The molecule has 23 heavy (non-hydrogen) atoms. The molecule has 1 N–H and O–H groups in total. The van der Waals surface area contributed by atoms with E-state index in [1.165, 1.54) is 11.1 Å². The summed E-state index contributed by atoms with van der Waals surface area (Å²) in [4.78, 5) is 12.0. The van der Waals surface area contributed by atoms with Gasteiger partial charge in [-0.2, -0.15) is 0 Å². The van der Waals surface area contributed by atoms with Crippen molar-refractivity contribution >= 4 is 5.91 Å². The molecule has 2 aromatic carbocycles. The van der Waals surface area contributed by atoms with Gasteiger partial charge in [-0.15, -0.1) is 0 Å². The summed E-state index contributed by atoms with van der Waals surface area (Å²) in [5, 5.41) is 2.93. The van der Waals surface area contributed by atoms with E-state index in [-0.39, 0.29) is 18.1 Å². The number of rotatable bonds is 6. The largest absolute Gasteiger partial charge is 0.484 e. The Morgan fingerprint density at radius 3 is 2.26 bits per heavy atom. The number of carbonyl (C=O) groups excluding carboxylic acids is 1. The van der Waals surface area contributed by atoms with E-state index < -0.39 is 0 Å². The molecular formula is C19H21NO3. The Hall–Kier alpha value is -2.33. The fourth-order valence-electron chi connectivity index (χ4n) is 2.98. The minimum atomic E-state index is -0.355. The minimum Gasteiger partial charge on any atom is -0.484 e. The number of carbonyl (C=O) groups is 1. The van der Waals surface area contributed by atoms with Crippen LogP contribution < -0.4 is 10.1 Å². The second kappa shape index (κ2) is 6.84. The average molecular weight is 311 g/mol. The van der Waals surface area contributed by atoms with Gasteiger partial charge < -0.3 is 14.8 Å². The lowest BCUT2D eigenvalue weighted by atomic mass is 10.00. The summed E-state index contributed by atoms with van der Waals surface area (Å²) in [6.45, 7) is 0.492. The first-order valence-corrected chi connectivity index (χ1v) is 7.77. The quantitative estimate of drug-likeness (QED) is 0.891. The number of amides is 1. The summed E-state index contributed by atoms with van der Waals surface area (Å²) < 4.78 is 11.2. The van der Waals surface area contributed by atoms with Crippen LogP contribution in [0.2, 0.25) is 0 Å². The van der Waals surface area contributed by atoms with Gasteiger partial charge >= 0.3 is 0 Å². The first-order valence-electron chi connectivity index (χ1n) is 7.77. The van der Waals surface area contributed by atoms with Gasteiger partial charge in [0, 0.05) is 26.5 Å². The van der Waals surface area contributed by atoms with E-state index in [4.69, 9.17) is 9.47 Å². The molecule has 1 aliphatic rings. The van der Waals surface area contributed by atoms with Crippen LogP contribution in [-0.2, 0) is 22.4 Å². The van der Waals surface area contributed by atoms with E-state index in [1.807, 2.05) is 42.5 Å². The van der Waals surface area contributed by atoms with E-state index in [2.05, 4.69) is 17.4 Å². The molecule has 0 aromatic heterocycles. The lowest BCUT2D eigenvalue weighted by Gasteiger charge is -2.27. The fraction of sp³-hybridized carbons (Fsp3) is 0.316. The number of nitrogens with one attached hydrogen (secondary N) is 1. The molecule has 120 valence electrons. The molecule has 0 atom stereocenters. The van der Waals surface area contributed by atoms with Crippen molar-refractivity contribution in [3.63, 3.8) is 0 Å². The number of ether oxygens (including phenoxy) is 2. The van der Waals surface area contributed by atoms with Gasteiger partial charge in [0.15, 0.2) is 6.61 Å². The highest BCUT2D eigenvalue weighted by Gasteiger charge is 2.37. The summed E-state index contributed by atoms with van der Waals surface area (Å²) in [6.07, 6.45) is 1.64. The number of benzene rings is 2. The van der Waals surface area contributed by atoms with Crippen molar-refractivity contribution in [2.75, 3.05) is 20.3 Å². The number of hydrogen-bond donors (Lipinski definition) is 1. The monoisotopic (exact) mass is 311 g/mol. The van der Waals surface area contributed by atoms with E-state index in [9.17, 15) is 4.79 Å². The van der Waals surface area contributed by atoms with Gasteiger partial charge in [-0.05, 0) is 23.3 Å². The van der Waals surface area contributed by atoms with Crippen molar-refractivity contribution in [1.82, 2.24) is 5.32 Å². The molecule has 2 aromatic rings. The molecular weight excluding hydrogens is 290 g/mol. The van der Waals surface area contributed by atoms with E-state index in [1.54, 1.807) is 7.11 Å². The Morgan fingerprint density at radius 1 is 1.04 bits per heavy atom. The molecule has 3 rings (SSSR count). The van der Waals surface area contributed by atoms with Gasteiger partial charge in [0.1, 0.15) is 5.75 Å². The molecule has 1 amide bonds. The van der Waals surface area contributed by atoms with Gasteiger partial charge in [0.05, 0.1) is 5.60 Å². The van der Waals surface area contributed by atoms with Gasteiger partial charge in [0.25, 0.3) is 5.91 Å². The Labute approximate surface area is 136 Å². The fourth-order valence-corrected chi connectivity index (χ4v) is 2.98. The molecule has 4 heteroatoms. The third-order valence-electron chi connectivity index (χ3n) is 4.30. The Bertz CT molecular complexity index is 644. The zero-order valence-electron chi connectivity index (χ0n) is 13.2. The highest BCUT2D eigenvalue weighted by atomic mass is 16.5. The number of fused-ring (bicyclic) bond motifs is 1. The van der Waals surface area contributed by atoms with Crippen LogP contribution in [0.1, 0.15) is 11.1 Å². The van der Waals surface area contributed by atoms with Crippen LogP contribution in [-0.4, -0.2) is 31.8 Å². The zero-order chi connectivity index (χ0) is 16.1. The second-order valence-corrected chi connectivity index (χ2v) is 5.89. The van der Waals surface area contributed by atoms with Crippen LogP contribution in [0.5, 0.6) is 5.75 Å². The molecule has 0 aliphatic heterocycles. The van der Waals surface area contributed by atoms with Crippen LogP contribution in [0.4, 0.5) is 0 Å². The molecule has 0 bridgehead atoms. The molecule has 0 heterocycles. The van der Waals surface area contributed by atoms with Crippen molar-refractivity contribution < 1.29 is 14.3 Å². The van der Waals surface area contributed by atoms with Crippen LogP contribution in [0.15, 0.2) is 54.6 Å². The summed E-state index contributed by atoms with van der Waals surface area (Å²) in [6, 6.07) is 17.6. The van der Waals surface area contributed by atoms with Crippen molar-refractivity contribution in [1.29, 1.82) is 0 Å². The van der Waals surface area contributed by atoms with E-state index >= 15 is 0 Å². The lowest BCUT2D eigenvalue weighted by molar-refractivity contribution is -0.124. The van der Waals surface area contributed by atoms with Crippen molar-refractivity contribution in [3.05, 3.63) is 65.7 Å². The van der Waals surface area contributed by atoms with Crippen LogP contribution in [0, 0.1) is 0 Å². The maximum atomic E-state index is 12.0. The van der Waals surface area contributed by atoms with Gasteiger partial charge in [-0.1, -0.05) is 42.5 Å². The molecule has 0 saturated heterocycles. The van der Waals surface area contributed by atoms with Crippen molar-refractivity contribution in [2.24, 2.45) is 0 Å². The van der Waals surface area contributed by atoms with E-state index in [0.29, 0.717) is 12.3 Å². The highest BCUT2D eigenvalue weighted by Crippen LogP contribution is 2.32. The van der Waals surface area contributed by atoms with Gasteiger partial charge in [0.2, 0.25) is 0 Å². The number of para-hydroxylation sites is 1.